The zero-order valence-corrected chi connectivity index (χ0v) is 16.2. The number of Topliss-reactive ketones (excluding diaryl/α,β-unsaturated/α-hetero) is 1. The van der Waals surface area contributed by atoms with Gasteiger partial charge in [0.1, 0.15) is 0 Å². The summed E-state index contributed by atoms with van der Waals surface area (Å²) in [5.41, 5.74) is 1.66. The maximum atomic E-state index is 12.1. The molecular formula is C21H23N3O5. The van der Waals surface area contributed by atoms with Crippen LogP contribution in [0.25, 0.3) is 0 Å². The second-order valence-corrected chi connectivity index (χ2v) is 6.25. The molecule has 0 saturated carbocycles. The van der Waals surface area contributed by atoms with Gasteiger partial charge in [0.15, 0.2) is 11.9 Å². The summed E-state index contributed by atoms with van der Waals surface area (Å²) in [7, 11) is 0. The minimum absolute atomic E-state index is 0.0678. The van der Waals surface area contributed by atoms with Crippen LogP contribution in [0.4, 0.5) is 16.2 Å². The molecule has 0 spiro atoms. The Morgan fingerprint density at radius 2 is 1.52 bits per heavy atom. The molecule has 3 amide bonds. The first-order valence-electron chi connectivity index (χ1n) is 9.06. The van der Waals surface area contributed by atoms with Crippen molar-refractivity contribution in [1.82, 2.24) is 5.32 Å². The molecule has 2 rings (SSSR count). The lowest BCUT2D eigenvalue weighted by atomic mass is 10.1. The number of benzene rings is 2. The SMILES string of the molecule is CC(=O)c1ccc(NC(=O)[C@H](C)OC(=O)CCNC(=O)Nc2ccccc2)cc1. The van der Waals surface area contributed by atoms with Crippen LogP contribution >= 0.6 is 0 Å². The number of hydrogen-bond donors (Lipinski definition) is 3. The number of anilines is 2. The van der Waals surface area contributed by atoms with E-state index < -0.39 is 24.0 Å². The van der Waals surface area contributed by atoms with E-state index in [1.54, 1.807) is 48.5 Å². The van der Waals surface area contributed by atoms with E-state index in [-0.39, 0.29) is 18.7 Å². The third-order valence-electron chi connectivity index (χ3n) is 3.88. The predicted molar refractivity (Wildman–Crippen MR) is 109 cm³/mol. The number of rotatable bonds is 8. The molecular weight excluding hydrogens is 374 g/mol. The number of carbonyl (C=O) groups excluding carboxylic acids is 4. The average Bonchev–Trinajstić information content (AvgIpc) is 2.69. The molecule has 8 nitrogen and oxygen atoms in total. The van der Waals surface area contributed by atoms with Gasteiger partial charge < -0.3 is 20.7 Å². The first-order chi connectivity index (χ1) is 13.8. The van der Waals surface area contributed by atoms with Gasteiger partial charge in [-0.1, -0.05) is 18.2 Å². The normalized spacial score (nSPS) is 11.1. The van der Waals surface area contributed by atoms with E-state index in [2.05, 4.69) is 16.0 Å². The molecule has 0 bridgehead atoms. The number of ether oxygens (including phenoxy) is 1. The van der Waals surface area contributed by atoms with Crippen molar-refractivity contribution in [3.05, 3.63) is 60.2 Å². The van der Waals surface area contributed by atoms with Gasteiger partial charge in [-0.2, -0.15) is 0 Å². The van der Waals surface area contributed by atoms with E-state index in [0.29, 0.717) is 16.9 Å². The summed E-state index contributed by atoms with van der Waals surface area (Å²) >= 11 is 0. The van der Waals surface area contributed by atoms with Gasteiger partial charge in [0.05, 0.1) is 6.42 Å². The first kappa shape index (κ1) is 21.6. The summed E-state index contributed by atoms with van der Waals surface area (Å²) < 4.78 is 5.07. The van der Waals surface area contributed by atoms with Gasteiger partial charge in [0.2, 0.25) is 0 Å². The standard InChI is InChI=1S/C21H23N3O5/c1-14(25)16-8-10-18(11-9-16)23-20(27)15(2)29-19(26)12-13-22-21(28)24-17-6-4-3-5-7-17/h3-11,15H,12-13H2,1-2H3,(H,23,27)(H2,22,24,28)/t15-/m0/s1. The number of hydrogen-bond acceptors (Lipinski definition) is 5. The van der Waals surface area contributed by atoms with E-state index in [1.165, 1.54) is 13.8 Å². The predicted octanol–water partition coefficient (Wildman–Crippen LogP) is 2.97. The Labute approximate surface area is 168 Å². The van der Waals surface area contributed by atoms with Crippen LogP contribution in [0.5, 0.6) is 0 Å². The van der Waals surface area contributed by atoms with E-state index in [9.17, 15) is 19.2 Å². The Hall–Kier alpha value is -3.68. The molecule has 0 heterocycles. The average molecular weight is 397 g/mol. The van der Waals surface area contributed by atoms with Gasteiger partial charge in [-0.05, 0) is 50.2 Å². The van der Waals surface area contributed by atoms with Gasteiger partial charge in [0.25, 0.3) is 5.91 Å². The van der Waals surface area contributed by atoms with Crippen molar-refractivity contribution >= 4 is 35.1 Å². The van der Waals surface area contributed by atoms with Crippen LogP contribution in [-0.4, -0.2) is 36.3 Å². The quantitative estimate of drug-likeness (QED) is 0.468. The van der Waals surface area contributed by atoms with Crippen molar-refractivity contribution in [2.45, 2.75) is 26.4 Å². The number of amides is 3. The molecule has 0 saturated heterocycles. The van der Waals surface area contributed by atoms with Gasteiger partial charge >= 0.3 is 12.0 Å². The van der Waals surface area contributed by atoms with E-state index in [1.807, 2.05) is 6.07 Å². The summed E-state index contributed by atoms with van der Waals surface area (Å²) in [6.45, 7) is 2.97. The van der Waals surface area contributed by atoms with Crippen molar-refractivity contribution in [3.63, 3.8) is 0 Å². The molecule has 0 fully saturated rings. The monoisotopic (exact) mass is 397 g/mol. The highest BCUT2D eigenvalue weighted by Crippen LogP contribution is 2.11. The van der Waals surface area contributed by atoms with Crippen LogP contribution in [0.3, 0.4) is 0 Å². The van der Waals surface area contributed by atoms with Gasteiger partial charge in [-0.25, -0.2) is 4.79 Å². The summed E-state index contributed by atoms with van der Waals surface area (Å²) in [6, 6.07) is 14.8. The fourth-order valence-corrected chi connectivity index (χ4v) is 2.32. The van der Waals surface area contributed by atoms with Crippen LogP contribution in [0.1, 0.15) is 30.6 Å². The number of ketones is 1. The Kier molecular flexibility index (Phi) is 7.90. The lowest BCUT2D eigenvalue weighted by Crippen LogP contribution is -2.33. The van der Waals surface area contributed by atoms with Gasteiger partial charge in [-0.3, -0.25) is 14.4 Å². The summed E-state index contributed by atoms with van der Waals surface area (Å²) in [5.74, 6) is -1.18. The third-order valence-corrected chi connectivity index (χ3v) is 3.88. The van der Waals surface area contributed by atoms with Gasteiger partial charge in [0, 0.05) is 23.5 Å². The Morgan fingerprint density at radius 1 is 0.897 bits per heavy atom. The van der Waals surface area contributed by atoms with Crippen molar-refractivity contribution < 1.29 is 23.9 Å². The lowest BCUT2D eigenvalue weighted by molar-refractivity contribution is -0.153. The number of nitrogens with one attached hydrogen (secondary N) is 3. The zero-order chi connectivity index (χ0) is 21.2. The minimum atomic E-state index is -1.01. The number of esters is 1. The molecule has 3 N–H and O–H groups in total. The third kappa shape index (κ3) is 7.45. The summed E-state index contributed by atoms with van der Waals surface area (Å²) in [6.07, 6.45) is -1.08. The van der Waals surface area contributed by atoms with Crippen LogP contribution in [0.15, 0.2) is 54.6 Å². The Balaban J connectivity index is 1.70. The highest BCUT2D eigenvalue weighted by Gasteiger charge is 2.18. The van der Waals surface area contributed by atoms with Crippen LogP contribution in [0, 0.1) is 0 Å². The van der Waals surface area contributed by atoms with E-state index >= 15 is 0 Å². The fraction of sp³-hybridized carbons (Fsp3) is 0.238. The molecule has 2 aromatic rings. The molecule has 0 unspecified atom stereocenters. The number of carbonyl (C=O) groups is 4. The lowest BCUT2D eigenvalue weighted by Gasteiger charge is -2.14. The zero-order valence-electron chi connectivity index (χ0n) is 16.2. The molecule has 152 valence electrons. The Bertz CT molecular complexity index is 866. The fourth-order valence-electron chi connectivity index (χ4n) is 2.32. The van der Waals surface area contributed by atoms with Crippen LogP contribution in [0.2, 0.25) is 0 Å². The van der Waals surface area contributed by atoms with Crippen LogP contribution < -0.4 is 16.0 Å². The van der Waals surface area contributed by atoms with E-state index in [4.69, 9.17) is 4.74 Å². The smallest absolute Gasteiger partial charge is 0.319 e. The van der Waals surface area contributed by atoms with Crippen molar-refractivity contribution in [2.24, 2.45) is 0 Å². The van der Waals surface area contributed by atoms with Crippen molar-refractivity contribution in [2.75, 3.05) is 17.2 Å². The first-order valence-corrected chi connectivity index (χ1v) is 9.06. The summed E-state index contributed by atoms with van der Waals surface area (Å²) in [4.78, 5) is 47.0. The maximum absolute atomic E-state index is 12.1. The molecule has 29 heavy (non-hydrogen) atoms. The molecule has 2 aromatic carbocycles. The highest BCUT2D eigenvalue weighted by atomic mass is 16.5. The molecule has 0 aliphatic heterocycles. The Morgan fingerprint density at radius 3 is 2.14 bits per heavy atom. The van der Waals surface area contributed by atoms with Crippen LogP contribution in [-0.2, 0) is 14.3 Å². The number of urea groups is 1. The largest absolute Gasteiger partial charge is 0.452 e. The molecule has 0 radical (unpaired) electrons. The van der Waals surface area contributed by atoms with E-state index in [0.717, 1.165) is 0 Å². The van der Waals surface area contributed by atoms with Crippen molar-refractivity contribution in [1.29, 1.82) is 0 Å². The van der Waals surface area contributed by atoms with Gasteiger partial charge in [-0.15, -0.1) is 0 Å². The summed E-state index contributed by atoms with van der Waals surface area (Å²) in [5, 5.41) is 7.77. The molecule has 0 aliphatic rings. The molecule has 0 aliphatic carbocycles. The minimum Gasteiger partial charge on any atom is -0.452 e. The second-order valence-electron chi connectivity index (χ2n) is 6.25. The topological polar surface area (TPSA) is 114 Å². The molecule has 0 aromatic heterocycles. The highest BCUT2D eigenvalue weighted by molar-refractivity contribution is 5.97. The second kappa shape index (κ2) is 10.6. The maximum Gasteiger partial charge on any atom is 0.319 e. The molecule has 8 heteroatoms. The van der Waals surface area contributed by atoms with Crippen molar-refractivity contribution in [3.8, 4) is 0 Å². The molecule has 1 atom stereocenters. The number of para-hydroxylation sites is 1.